The van der Waals surface area contributed by atoms with Gasteiger partial charge in [-0.25, -0.2) is 0 Å². The van der Waals surface area contributed by atoms with Crippen LogP contribution in [0.25, 0.3) is 32.1 Å². The highest BCUT2D eigenvalue weighted by molar-refractivity contribution is 7.17. The zero-order valence-corrected chi connectivity index (χ0v) is 15.8. The van der Waals surface area contributed by atoms with Crippen molar-refractivity contribution >= 4 is 55.4 Å². The molecule has 6 rings (SSSR count). The number of H-pyrrole nitrogens is 1. The van der Waals surface area contributed by atoms with E-state index in [1.807, 2.05) is 12.3 Å². The van der Waals surface area contributed by atoms with Crippen molar-refractivity contribution in [2.75, 3.05) is 0 Å². The van der Waals surface area contributed by atoms with Crippen molar-refractivity contribution in [3.05, 3.63) is 101 Å². The number of para-hydroxylation sites is 2. The Bertz CT molecular complexity index is 1340. The summed E-state index contributed by atoms with van der Waals surface area (Å²) in [5, 5.41) is 4.81. The summed E-state index contributed by atoms with van der Waals surface area (Å²) in [5.74, 6) is 0. The molecule has 1 aliphatic rings. The lowest BCUT2D eigenvalue weighted by Crippen LogP contribution is -1.93. The molecule has 0 radical (unpaired) electrons. The Morgan fingerprint density at radius 1 is 0.786 bits per heavy atom. The van der Waals surface area contributed by atoms with Crippen LogP contribution in [0.3, 0.4) is 0 Å². The minimum atomic E-state index is 1.04. The normalized spacial score (nSPS) is 14.7. The second-order valence-electron chi connectivity index (χ2n) is 6.96. The second-order valence-corrected chi connectivity index (χ2v) is 7.87. The monoisotopic (exact) mass is 376 g/mol. The van der Waals surface area contributed by atoms with Crippen molar-refractivity contribution in [2.45, 2.75) is 0 Å². The van der Waals surface area contributed by atoms with Gasteiger partial charge in [0.2, 0.25) is 0 Å². The molecule has 0 fully saturated rings. The molecule has 28 heavy (non-hydrogen) atoms. The van der Waals surface area contributed by atoms with Gasteiger partial charge in [0.15, 0.2) is 0 Å². The van der Waals surface area contributed by atoms with Crippen LogP contribution in [0.2, 0.25) is 0 Å². The Balaban J connectivity index is 1.74. The lowest BCUT2D eigenvalue weighted by Gasteiger charge is -2.11. The zero-order valence-electron chi connectivity index (χ0n) is 15.0. The van der Waals surface area contributed by atoms with Gasteiger partial charge in [-0.05, 0) is 23.6 Å². The van der Waals surface area contributed by atoms with Gasteiger partial charge in [-0.15, -0.1) is 11.3 Å². The molecule has 0 saturated carbocycles. The minimum absolute atomic E-state index is 1.04. The first kappa shape index (κ1) is 15.6. The van der Waals surface area contributed by atoms with Crippen molar-refractivity contribution in [3.63, 3.8) is 0 Å². The first-order chi connectivity index (χ1) is 13.9. The first-order valence-corrected chi connectivity index (χ1v) is 10.2. The van der Waals surface area contributed by atoms with Crippen LogP contribution in [0.5, 0.6) is 0 Å². The number of nitrogens with one attached hydrogen (secondary N) is 1. The maximum absolute atomic E-state index is 4.69. The standard InChI is InChI=1S/C25H16N2S/c1-4-10-22-16(7-1)19(13-26-22)25(20-14-27-23-11-5-2-8-17(20)23)21-15-28-24-12-6-3-9-18(21)24/h1-15,26H/b25-20-. The third-order valence-electron chi connectivity index (χ3n) is 5.41. The van der Waals surface area contributed by atoms with Crippen molar-refractivity contribution in [2.24, 2.45) is 4.99 Å². The third-order valence-corrected chi connectivity index (χ3v) is 6.37. The molecule has 3 heteroatoms. The Hall–Kier alpha value is -3.43. The van der Waals surface area contributed by atoms with E-state index in [0.717, 1.165) is 11.2 Å². The van der Waals surface area contributed by atoms with E-state index in [0.29, 0.717) is 0 Å². The molecule has 5 aromatic rings. The molecule has 2 aromatic heterocycles. The fourth-order valence-corrected chi connectivity index (χ4v) is 5.05. The Labute approximate surface area is 166 Å². The van der Waals surface area contributed by atoms with Crippen LogP contribution in [-0.2, 0) is 0 Å². The molecule has 3 aromatic carbocycles. The van der Waals surface area contributed by atoms with E-state index >= 15 is 0 Å². The van der Waals surface area contributed by atoms with Gasteiger partial charge < -0.3 is 4.98 Å². The highest BCUT2D eigenvalue weighted by atomic mass is 32.1. The summed E-state index contributed by atoms with van der Waals surface area (Å²) < 4.78 is 1.30. The smallest absolute Gasteiger partial charge is 0.0709 e. The number of rotatable bonds is 2. The van der Waals surface area contributed by atoms with Gasteiger partial charge in [0, 0.05) is 61.2 Å². The van der Waals surface area contributed by atoms with Crippen LogP contribution < -0.4 is 0 Å². The van der Waals surface area contributed by atoms with Crippen LogP contribution >= 0.6 is 11.3 Å². The lowest BCUT2D eigenvalue weighted by molar-refractivity contribution is 1.46. The average molecular weight is 376 g/mol. The van der Waals surface area contributed by atoms with E-state index in [1.54, 1.807) is 11.3 Å². The van der Waals surface area contributed by atoms with E-state index in [9.17, 15) is 0 Å². The van der Waals surface area contributed by atoms with E-state index in [4.69, 9.17) is 4.99 Å². The number of hydrogen-bond donors (Lipinski definition) is 1. The molecule has 0 unspecified atom stereocenters. The number of allylic oxidation sites excluding steroid dienone is 1. The maximum Gasteiger partial charge on any atom is 0.0709 e. The third kappa shape index (κ3) is 2.23. The molecule has 0 aliphatic carbocycles. The molecule has 0 atom stereocenters. The van der Waals surface area contributed by atoms with Gasteiger partial charge in [-0.1, -0.05) is 54.6 Å². The highest BCUT2D eigenvalue weighted by Gasteiger charge is 2.22. The van der Waals surface area contributed by atoms with E-state index in [2.05, 4.69) is 83.3 Å². The fraction of sp³-hybridized carbons (Fsp3) is 0. The Kier molecular flexibility index (Phi) is 3.37. The Morgan fingerprint density at radius 2 is 1.57 bits per heavy atom. The summed E-state index contributed by atoms with van der Waals surface area (Å²) in [7, 11) is 0. The van der Waals surface area contributed by atoms with E-state index < -0.39 is 0 Å². The lowest BCUT2D eigenvalue weighted by atomic mass is 9.90. The second kappa shape index (κ2) is 6.04. The van der Waals surface area contributed by atoms with Crippen molar-refractivity contribution in [3.8, 4) is 0 Å². The number of aliphatic imine (C=N–C) groups is 1. The van der Waals surface area contributed by atoms with Crippen LogP contribution in [0, 0.1) is 0 Å². The SMILES string of the molecule is C1=Nc2ccccc2/C1=C(/c1c[nH]c2ccccc12)c1csc2ccccc12. The summed E-state index contributed by atoms with van der Waals surface area (Å²) in [4.78, 5) is 8.14. The molecular weight excluding hydrogens is 360 g/mol. The van der Waals surface area contributed by atoms with E-state index in [-0.39, 0.29) is 0 Å². The molecule has 0 saturated heterocycles. The number of aromatic amines is 1. The molecule has 1 aliphatic heterocycles. The molecule has 0 amide bonds. The molecule has 0 bridgehead atoms. The number of benzene rings is 3. The highest BCUT2D eigenvalue weighted by Crippen LogP contribution is 2.44. The van der Waals surface area contributed by atoms with Crippen molar-refractivity contribution in [1.29, 1.82) is 0 Å². The predicted octanol–water partition coefficient (Wildman–Crippen LogP) is 7.06. The van der Waals surface area contributed by atoms with E-state index in [1.165, 1.54) is 43.3 Å². The molecule has 2 nitrogen and oxygen atoms in total. The van der Waals surface area contributed by atoms with Crippen LogP contribution in [-0.4, -0.2) is 11.2 Å². The largest absolute Gasteiger partial charge is 0.361 e. The van der Waals surface area contributed by atoms with Crippen LogP contribution in [0.4, 0.5) is 5.69 Å². The average Bonchev–Trinajstić information content (AvgIpc) is 3.47. The quantitative estimate of drug-likeness (QED) is 0.342. The van der Waals surface area contributed by atoms with Gasteiger partial charge >= 0.3 is 0 Å². The summed E-state index contributed by atoms with van der Waals surface area (Å²) in [6.07, 6.45) is 4.16. The number of nitrogens with zero attached hydrogens (tertiary/aromatic N) is 1. The Morgan fingerprint density at radius 3 is 2.54 bits per heavy atom. The molecule has 3 heterocycles. The van der Waals surface area contributed by atoms with Crippen molar-refractivity contribution < 1.29 is 0 Å². The van der Waals surface area contributed by atoms with Gasteiger partial charge in [-0.3, -0.25) is 4.99 Å². The van der Waals surface area contributed by atoms with Crippen LogP contribution in [0.1, 0.15) is 16.7 Å². The molecule has 1 N–H and O–H groups in total. The summed E-state index contributed by atoms with van der Waals surface area (Å²) in [6.45, 7) is 0. The number of aromatic nitrogens is 1. The topological polar surface area (TPSA) is 28.1 Å². The summed E-state index contributed by atoms with van der Waals surface area (Å²) in [5.41, 5.74) is 8.29. The summed E-state index contributed by atoms with van der Waals surface area (Å²) in [6, 6.07) is 25.5. The first-order valence-electron chi connectivity index (χ1n) is 9.31. The summed E-state index contributed by atoms with van der Waals surface area (Å²) >= 11 is 1.80. The molecule has 0 spiro atoms. The van der Waals surface area contributed by atoms with Gasteiger partial charge in [-0.2, -0.15) is 0 Å². The molecule has 132 valence electrons. The number of thiophene rings is 1. The fourth-order valence-electron chi connectivity index (χ4n) is 4.10. The van der Waals surface area contributed by atoms with Gasteiger partial charge in [0.25, 0.3) is 0 Å². The molecular formula is C25H16N2S. The number of hydrogen-bond acceptors (Lipinski definition) is 2. The maximum atomic E-state index is 4.69. The van der Waals surface area contributed by atoms with Gasteiger partial charge in [0.05, 0.1) is 5.69 Å². The number of fused-ring (bicyclic) bond motifs is 3. The zero-order chi connectivity index (χ0) is 18.5. The minimum Gasteiger partial charge on any atom is -0.361 e. The predicted molar refractivity (Wildman–Crippen MR) is 121 cm³/mol. The van der Waals surface area contributed by atoms with Crippen molar-refractivity contribution in [1.82, 2.24) is 4.98 Å². The van der Waals surface area contributed by atoms with Gasteiger partial charge in [0.1, 0.15) is 0 Å². The van der Waals surface area contributed by atoms with Crippen LogP contribution in [0.15, 0.2) is 89.4 Å².